The fraction of sp³-hybridized carbons (Fsp3) is 0.588. The van der Waals surface area contributed by atoms with Crippen molar-refractivity contribution in [1.82, 2.24) is 10.2 Å². The number of carbonyl (C=O) groups is 1. The molecule has 0 radical (unpaired) electrons. The number of rotatable bonds is 7. The molecule has 1 aliphatic heterocycles. The van der Waals surface area contributed by atoms with E-state index in [1.165, 1.54) is 17.7 Å². The lowest BCUT2D eigenvalue weighted by atomic mass is 9.99. The Hall–Kier alpha value is -1.00. The van der Waals surface area contributed by atoms with Gasteiger partial charge in [0.1, 0.15) is 0 Å². The van der Waals surface area contributed by atoms with Gasteiger partial charge in [0, 0.05) is 18.0 Å². The van der Waals surface area contributed by atoms with Gasteiger partial charge in [0.05, 0.1) is 5.75 Å². The zero-order valence-corrected chi connectivity index (χ0v) is 13.7. The van der Waals surface area contributed by atoms with Crippen LogP contribution in [0.5, 0.6) is 0 Å². The molecule has 21 heavy (non-hydrogen) atoms. The second-order valence-corrected chi connectivity index (χ2v) is 6.70. The summed E-state index contributed by atoms with van der Waals surface area (Å²) in [5.74, 6) is 1.44. The van der Waals surface area contributed by atoms with Crippen molar-refractivity contribution in [2.24, 2.45) is 5.92 Å². The normalized spacial score (nSPS) is 18.4. The van der Waals surface area contributed by atoms with Crippen LogP contribution in [0.15, 0.2) is 35.2 Å². The number of carbonyl (C=O) groups excluding carboxylic acids is 1. The zero-order valence-electron chi connectivity index (χ0n) is 12.9. The molecule has 116 valence electrons. The van der Waals surface area contributed by atoms with Crippen LogP contribution in [0.2, 0.25) is 0 Å². The van der Waals surface area contributed by atoms with E-state index in [0.29, 0.717) is 11.7 Å². The van der Waals surface area contributed by atoms with E-state index in [1.54, 1.807) is 11.8 Å². The summed E-state index contributed by atoms with van der Waals surface area (Å²) >= 11 is 1.64. The second kappa shape index (κ2) is 9.11. The summed E-state index contributed by atoms with van der Waals surface area (Å²) in [6.45, 7) is 6.12. The minimum absolute atomic E-state index is 0.274. The van der Waals surface area contributed by atoms with Gasteiger partial charge in [-0.2, -0.15) is 0 Å². The summed E-state index contributed by atoms with van der Waals surface area (Å²) in [5.41, 5.74) is 0. The average Bonchev–Trinajstić information content (AvgIpc) is 2.54. The Labute approximate surface area is 132 Å². The minimum Gasteiger partial charge on any atom is -0.342 e. The van der Waals surface area contributed by atoms with E-state index in [2.05, 4.69) is 29.3 Å². The van der Waals surface area contributed by atoms with Gasteiger partial charge in [0.2, 0.25) is 5.91 Å². The molecule has 1 atom stereocenters. The summed E-state index contributed by atoms with van der Waals surface area (Å²) in [5, 5.41) is 3.44. The van der Waals surface area contributed by atoms with Crippen molar-refractivity contribution in [2.75, 3.05) is 31.9 Å². The molecule has 2 rings (SSSR count). The lowest BCUT2D eigenvalue weighted by Crippen LogP contribution is -2.42. The van der Waals surface area contributed by atoms with Crippen LogP contribution in [0, 0.1) is 5.92 Å². The smallest absolute Gasteiger partial charge is 0.232 e. The van der Waals surface area contributed by atoms with Gasteiger partial charge in [-0.3, -0.25) is 4.79 Å². The van der Waals surface area contributed by atoms with Crippen molar-refractivity contribution in [2.45, 2.75) is 31.1 Å². The number of hydrogen-bond acceptors (Lipinski definition) is 3. The first kappa shape index (κ1) is 16.4. The Bertz CT molecular complexity index is 418. The molecule has 0 aromatic heterocycles. The van der Waals surface area contributed by atoms with Crippen LogP contribution in [-0.4, -0.2) is 42.7 Å². The summed E-state index contributed by atoms with van der Waals surface area (Å²) in [7, 11) is 0. The first-order valence-corrected chi connectivity index (χ1v) is 8.94. The number of benzene rings is 1. The van der Waals surface area contributed by atoms with Gasteiger partial charge in [0.15, 0.2) is 0 Å². The molecule has 1 aliphatic rings. The van der Waals surface area contributed by atoms with Crippen LogP contribution >= 0.6 is 11.8 Å². The van der Waals surface area contributed by atoms with E-state index < -0.39 is 0 Å². The number of thioether (sulfide) groups is 1. The predicted molar refractivity (Wildman–Crippen MR) is 89.6 cm³/mol. The van der Waals surface area contributed by atoms with Gasteiger partial charge < -0.3 is 10.2 Å². The number of nitrogens with one attached hydrogen (secondary N) is 1. The van der Waals surface area contributed by atoms with Crippen LogP contribution in [0.1, 0.15) is 26.2 Å². The van der Waals surface area contributed by atoms with Crippen molar-refractivity contribution in [1.29, 1.82) is 0 Å². The third-order valence-corrected chi connectivity index (χ3v) is 4.83. The molecule has 1 aromatic carbocycles. The highest BCUT2D eigenvalue weighted by Gasteiger charge is 2.20. The highest BCUT2D eigenvalue weighted by atomic mass is 32.2. The molecule has 1 N–H and O–H groups in total. The molecular formula is C17H26N2OS. The molecule has 3 nitrogen and oxygen atoms in total. The SMILES string of the molecule is CCCN(CC1CCCNC1)C(=O)CSc1ccccc1. The third kappa shape index (κ3) is 5.71. The van der Waals surface area contributed by atoms with Crippen LogP contribution in [0.4, 0.5) is 0 Å². The Morgan fingerprint density at radius 1 is 1.38 bits per heavy atom. The van der Waals surface area contributed by atoms with Gasteiger partial charge >= 0.3 is 0 Å². The molecule has 1 heterocycles. The Morgan fingerprint density at radius 2 is 2.19 bits per heavy atom. The van der Waals surface area contributed by atoms with E-state index in [9.17, 15) is 4.79 Å². The van der Waals surface area contributed by atoms with Crippen LogP contribution < -0.4 is 5.32 Å². The summed E-state index contributed by atoms with van der Waals surface area (Å²) in [6.07, 6.45) is 3.51. The minimum atomic E-state index is 0.274. The molecule has 1 amide bonds. The standard InChI is InChI=1S/C17H26N2OS/c1-2-11-19(13-15-7-6-10-18-12-15)17(20)14-21-16-8-4-3-5-9-16/h3-5,8-9,15,18H,2,6-7,10-14H2,1H3. The first-order valence-electron chi connectivity index (χ1n) is 7.96. The molecule has 0 bridgehead atoms. The monoisotopic (exact) mass is 306 g/mol. The lowest BCUT2D eigenvalue weighted by Gasteiger charge is -2.30. The predicted octanol–water partition coefficient (Wildman–Crippen LogP) is 3.02. The molecule has 1 saturated heterocycles. The van der Waals surface area contributed by atoms with Gasteiger partial charge in [-0.25, -0.2) is 0 Å². The van der Waals surface area contributed by atoms with E-state index in [-0.39, 0.29) is 5.91 Å². The van der Waals surface area contributed by atoms with Crippen molar-refractivity contribution in [3.8, 4) is 0 Å². The molecule has 1 unspecified atom stereocenters. The maximum atomic E-state index is 12.5. The fourth-order valence-corrected chi connectivity index (χ4v) is 3.55. The molecular weight excluding hydrogens is 280 g/mol. The van der Waals surface area contributed by atoms with E-state index in [4.69, 9.17) is 0 Å². The highest BCUT2D eigenvalue weighted by Crippen LogP contribution is 2.19. The van der Waals surface area contributed by atoms with Crippen LogP contribution in [0.25, 0.3) is 0 Å². The van der Waals surface area contributed by atoms with Gasteiger partial charge in [-0.1, -0.05) is 25.1 Å². The summed E-state index contributed by atoms with van der Waals surface area (Å²) < 4.78 is 0. The van der Waals surface area contributed by atoms with Crippen molar-refractivity contribution in [3.05, 3.63) is 30.3 Å². The molecule has 0 aliphatic carbocycles. The number of piperidine rings is 1. The first-order chi connectivity index (χ1) is 10.3. The fourth-order valence-electron chi connectivity index (χ4n) is 2.73. The Morgan fingerprint density at radius 3 is 2.86 bits per heavy atom. The quantitative estimate of drug-likeness (QED) is 0.786. The summed E-state index contributed by atoms with van der Waals surface area (Å²) in [6, 6.07) is 10.2. The van der Waals surface area contributed by atoms with Crippen molar-refractivity contribution < 1.29 is 4.79 Å². The van der Waals surface area contributed by atoms with Crippen LogP contribution in [0.3, 0.4) is 0 Å². The lowest BCUT2D eigenvalue weighted by molar-refractivity contribution is -0.129. The largest absolute Gasteiger partial charge is 0.342 e. The van der Waals surface area contributed by atoms with Crippen molar-refractivity contribution in [3.63, 3.8) is 0 Å². The Balaban J connectivity index is 1.82. The maximum absolute atomic E-state index is 12.5. The molecule has 0 spiro atoms. The average molecular weight is 306 g/mol. The number of amides is 1. The molecule has 1 fully saturated rings. The second-order valence-electron chi connectivity index (χ2n) is 5.65. The topological polar surface area (TPSA) is 32.3 Å². The third-order valence-electron chi connectivity index (χ3n) is 3.83. The van der Waals surface area contributed by atoms with Gasteiger partial charge in [0.25, 0.3) is 0 Å². The van der Waals surface area contributed by atoms with Crippen molar-refractivity contribution >= 4 is 17.7 Å². The number of nitrogens with zero attached hydrogens (tertiary/aromatic N) is 1. The maximum Gasteiger partial charge on any atom is 0.232 e. The van der Waals surface area contributed by atoms with E-state index >= 15 is 0 Å². The molecule has 0 saturated carbocycles. The molecule has 4 heteroatoms. The van der Waals surface area contributed by atoms with Gasteiger partial charge in [-0.05, 0) is 50.4 Å². The van der Waals surface area contributed by atoms with E-state index in [0.717, 1.165) is 32.6 Å². The van der Waals surface area contributed by atoms with Gasteiger partial charge in [-0.15, -0.1) is 11.8 Å². The Kier molecular flexibility index (Phi) is 7.10. The summed E-state index contributed by atoms with van der Waals surface area (Å²) in [4.78, 5) is 15.7. The zero-order chi connectivity index (χ0) is 14.9. The molecule has 1 aromatic rings. The van der Waals surface area contributed by atoms with Crippen LogP contribution in [-0.2, 0) is 4.79 Å². The van der Waals surface area contributed by atoms with E-state index in [1.807, 2.05) is 18.2 Å². The number of hydrogen-bond donors (Lipinski definition) is 1. The highest BCUT2D eigenvalue weighted by molar-refractivity contribution is 8.00.